The van der Waals surface area contributed by atoms with Crippen molar-refractivity contribution in [1.29, 1.82) is 0 Å². The van der Waals surface area contributed by atoms with E-state index in [0.717, 1.165) is 0 Å². The second-order valence-electron chi connectivity index (χ2n) is 2.98. The van der Waals surface area contributed by atoms with E-state index >= 15 is 0 Å². The van der Waals surface area contributed by atoms with Crippen LogP contribution in [0.3, 0.4) is 0 Å². The molecule has 1 rings (SSSR count). The lowest BCUT2D eigenvalue weighted by Crippen LogP contribution is -1.94. The number of hydrogen-bond acceptors (Lipinski definition) is 4. The monoisotopic (exact) mass is 248 g/mol. The molecule has 0 unspecified atom stereocenters. The van der Waals surface area contributed by atoms with Crippen LogP contribution in [0.25, 0.3) is 0 Å². The van der Waals surface area contributed by atoms with Gasteiger partial charge in [-0.25, -0.2) is 4.57 Å². The number of phosphoric acid groups is 1. The summed E-state index contributed by atoms with van der Waals surface area (Å²) in [7, 11) is -1.48. The molecule has 0 aliphatic heterocycles. The molecule has 0 bridgehead atoms. The van der Waals surface area contributed by atoms with Gasteiger partial charge in [-0.05, 0) is 17.7 Å². The van der Waals surface area contributed by atoms with Crippen molar-refractivity contribution in [2.24, 2.45) is 0 Å². The first-order valence-corrected chi connectivity index (χ1v) is 5.89. The molecule has 0 spiro atoms. The standard InChI is InChI=1S/C9H13O6P/c1-13-8-3-7(4-9(5-8)14-2)6-15-16(10,11)12/h3-5H,6H2,1-2H3,(H2,10,11,12). The molecule has 7 heteroatoms. The Labute approximate surface area is 93.0 Å². The smallest absolute Gasteiger partial charge is 0.469 e. The van der Waals surface area contributed by atoms with Crippen LogP contribution in [0.15, 0.2) is 18.2 Å². The molecule has 1 aromatic rings. The first-order valence-electron chi connectivity index (χ1n) is 4.36. The minimum Gasteiger partial charge on any atom is -0.497 e. The van der Waals surface area contributed by atoms with Crippen molar-refractivity contribution in [3.63, 3.8) is 0 Å². The third kappa shape index (κ3) is 4.20. The molecule has 0 saturated heterocycles. The van der Waals surface area contributed by atoms with E-state index in [-0.39, 0.29) is 6.61 Å². The van der Waals surface area contributed by atoms with Gasteiger partial charge in [0.25, 0.3) is 0 Å². The topological polar surface area (TPSA) is 85.2 Å². The highest BCUT2D eigenvalue weighted by Gasteiger charge is 2.14. The zero-order chi connectivity index (χ0) is 12.2. The van der Waals surface area contributed by atoms with Crippen molar-refractivity contribution >= 4 is 7.82 Å². The summed E-state index contributed by atoms with van der Waals surface area (Å²) >= 11 is 0. The largest absolute Gasteiger partial charge is 0.497 e. The highest BCUT2D eigenvalue weighted by atomic mass is 31.2. The molecule has 0 aromatic heterocycles. The number of methoxy groups -OCH3 is 2. The summed E-state index contributed by atoms with van der Waals surface area (Å²) in [5, 5.41) is 0. The highest BCUT2D eigenvalue weighted by Crippen LogP contribution is 2.37. The van der Waals surface area contributed by atoms with Crippen LogP contribution < -0.4 is 9.47 Å². The summed E-state index contributed by atoms with van der Waals surface area (Å²) < 4.78 is 24.9. The third-order valence-corrected chi connectivity index (χ3v) is 2.28. The first-order chi connectivity index (χ1) is 7.44. The maximum absolute atomic E-state index is 10.5. The van der Waals surface area contributed by atoms with Gasteiger partial charge in [0.15, 0.2) is 0 Å². The molecule has 0 amide bonds. The number of hydrogen-bond donors (Lipinski definition) is 2. The van der Waals surface area contributed by atoms with Crippen LogP contribution in [0.2, 0.25) is 0 Å². The molecule has 0 fully saturated rings. The van der Waals surface area contributed by atoms with Crippen LogP contribution in [0.5, 0.6) is 11.5 Å². The number of rotatable bonds is 5. The van der Waals surface area contributed by atoms with Crippen molar-refractivity contribution in [1.82, 2.24) is 0 Å². The van der Waals surface area contributed by atoms with Gasteiger partial charge in [0.2, 0.25) is 0 Å². The lowest BCUT2D eigenvalue weighted by atomic mass is 10.2. The minimum absolute atomic E-state index is 0.210. The molecule has 90 valence electrons. The summed E-state index contributed by atoms with van der Waals surface area (Å²) in [6.45, 7) is -0.210. The summed E-state index contributed by atoms with van der Waals surface area (Å²) in [5.74, 6) is 1.06. The van der Waals surface area contributed by atoms with Gasteiger partial charge in [-0.2, -0.15) is 0 Å². The van der Waals surface area contributed by atoms with Gasteiger partial charge in [-0.3, -0.25) is 4.52 Å². The van der Waals surface area contributed by atoms with E-state index in [1.54, 1.807) is 18.2 Å². The normalized spacial score (nSPS) is 11.2. The van der Waals surface area contributed by atoms with Gasteiger partial charge in [0, 0.05) is 6.07 Å². The van der Waals surface area contributed by atoms with E-state index in [2.05, 4.69) is 4.52 Å². The van der Waals surface area contributed by atoms with E-state index in [4.69, 9.17) is 19.3 Å². The fraction of sp³-hybridized carbons (Fsp3) is 0.333. The minimum atomic E-state index is -4.46. The van der Waals surface area contributed by atoms with Crippen molar-refractivity contribution in [3.05, 3.63) is 23.8 Å². The molecule has 1 aromatic carbocycles. The fourth-order valence-electron chi connectivity index (χ4n) is 1.11. The fourth-order valence-corrected chi connectivity index (χ4v) is 1.43. The first kappa shape index (κ1) is 13.0. The Kier molecular flexibility index (Phi) is 4.32. The van der Waals surface area contributed by atoms with Gasteiger partial charge in [-0.1, -0.05) is 0 Å². The quantitative estimate of drug-likeness (QED) is 0.764. The second-order valence-corrected chi connectivity index (χ2v) is 4.22. The Morgan fingerprint density at radius 3 is 2.00 bits per heavy atom. The zero-order valence-electron chi connectivity index (χ0n) is 8.91. The number of benzene rings is 1. The Morgan fingerprint density at radius 1 is 1.12 bits per heavy atom. The number of ether oxygens (including phenoxy) is 2. The van der Waals surface area contributed by atoms with E-state index < -0.39 is 7.82 Å². The van der Waals surface area contributed by atoms with Crippen molar-refractivity contribution < 1.29 is 28.3 Å². The predicted molar refractivity (Wildman–Crippen MR) is 56.4 cm³/mol. The van der Waals surface area contributed by atoms with Crippen LogP contribution in [0.4, 0.5) is 0 Å². The summed E-state index contributed by atoms with van der Waals surface area (Å²) in [6.07, 6.45) is 0. The second kappa shape index (κ2) is 5.32. The SMILES string of the molecule is COc1cc(COP(=O)(O)O)cc(OC)c1. The van der Waals surface area contributed by atoms with Gasteiger partial charge in [-0.15, -0.1) is 0 Å². The average molecular weight is 248 g/mol. The Morgan fingerprint density at radius 2 is 1.62 bits per heavy atom. The lowest BCUT2D eigenvalue weighted by molar-refractivity contribution is 0.188. The maximum atomic E-state index is 10.5. The zero-order valence-corrected chi connectivity index (χ0v) is 9.81. The van der Waals surface area contributed by atoms with E-state index in [9.17, 15) is 4.57 Å². The molecular formula is C9H13O6P. The molecule has 0 aliphatic carbocycles. The van der Waals surface area contributed by atoms with Gasteiger partial charge < -0.3 is 19.3 Å². The Balaban J connectivity index is 2.83. The Bertz CT molecular complexity index is 377. The summed E-state index contributed by atoms with van der Waals surface area (Å²) in [5.41, 5.74) is 0.555. The number of phosphoric ester groups is 1. The van der Waals surface area contributed by atoms with Gasteiger partial charge in [0.05, 0.1) is 20.8 Å². The van der Waals surface area contributed by atoms with Gasteiger partial charge in [0.1, 0.15) is 11.5 Å². The molecule has 0 saturated carbocycles. The molecular weight excluding hydrogens is 235 g/mol. The summed E-state index contributed by atoms with van der Waals surface area (Å²) in [4.78, 5) is 17.1. The van der Waals surface area contributed by atoms with Crippen molar-refractivity contribution in [2.75, 3.05) is 14.2 Å². The molecule has 2 N–H and O–H groups in total. The lowest BCUT2D eigenvalue weighted by Gasteiger charge is -2.09. The summed E-state index contributed by atoms with van der Waals surface area (Å²) in [6, 6.07) is 4.87. The molecule has 16 heavy (non-hydrogen) atoms. The van der Waals surface area contributed by atoms with Gasteiger partial charge >= 0.3 is 7.82 Å². The predicted octanol–water partition coefficient (Wildman–Crippen LogP) is 1.31. The van der Waals surface area contributed by atoms with E-state index in [1.807, 2.05) is 0 Å². The third-order valence-electron chi connectivity index (χ3n) is 1.81. The average Bonchev–Trinajstić information content (AvgIpc) is 2.25. The molecule has 0 aliphatic rings. The highest BCUT2D eigenvalue weighted by molar-refractivity contribution is 7.46. The van der Waals surface area contributed by atoms with E-state index in [0.29, 0.717) is 17.1 Å². The Hall–Kier alpha value is -1.07. The molecule has 0 radical (unpaired) electrons. The molecule has 0 atom stereocenters. The van der Waals surface area contributed by atoms with E-state index in [1.165, 1.54) is 14.2 Å². The maximum Gasteiger partial charge on any atom is 0.469 e. The molecule has 0 heterocycles. The van der Waals surface area contributed by atoms with Crippen LogP contribution >= 0.6 is 7.82 Å². The van der Waals surface area contributed by atoms with Crippen LogP contribution in [-0.2, 0) is 15.7 Å². The molecule has 6 nitrogen and oxygen atoms in total. The van der Waals surface area contributed by atoms with Crippen molar-refractivity contribution in [3.8, 4) is 11.5 Å². The van der Waals surface area contributed by atoms with Crippen molar-refractivity contribution in [2.45, 2.75) is 6.61 Å². The van der Waals surface area contributed by atoms with Crippen LogP contribution in [0, 0.1) is 0 Å². The van der Waals surface area contributed by atoms with Crippen LogP contribution in [-0.4, -0.2) is 24.0 Å². The van der Waals surface area contributed by atoms with Crippen LogP contribution in [0.1, 0.15) is 5.56 Å².